The predicted molar refractivity (Wildman–Crippen MR) is 62.3 cm³/mol. The van der Waals surface area contributed by atoms with E-state index in [2.05, 4.69) is 10.6 Å². The molecule has 1 aromatic carbocycles. The third-order valence-corrected chi connectivity index (χ3v) is 2.58. The fraction of sp³-hybridized carbons (Fsp3) is 0.455. The lowest BCUT2D eigenvalue weighted by molar-refractivity contribution is 0.279. The van der Waals surface area contributed by atoms with Gasteiger partial charge in [-0.2, -0.15) is 0 Å². The topological polar surface area (TPSA) is 59.3 Å². The normalized spacial score (nSPS) is 18.9. The van der Waals surface area contributed by atoms with Crippen LogP contribution in [0.1, 0.15) is 6.42 Å². The van der Waals surface area contributed by atoms with Crippen molar-refractivity contribution >= 4 is 11.4 Å². The summed E-state index contributed by atoms with van der Waals surface area (Å²) in [4.78, 5) is 0. The quantitative estimate of drug-likeness (QED) is 0.648. The summed E-state index contributed by atoms with van der Waals surface area (Å²) in [6.45, 7) is 1.67. The van der Waals surface area contributed by atoms with Crippen molar-refractivity contribution in [3.8, 4) is 5.75 Å². The van der Waals surface area contributed by atoms with Gasteiger partial charge < -0.3 is 21.1 Å². The molecule has 1 aliphatic heterocycles. The van der Waals surface area contributed by atoms with Crippen molar-refractivity contribution in [2.45, 2.75) is 12.5 Å². The molecule has 4 heteroatoms. The first-order chi connectivity index (χ1) is 7.31. The van der Waals surface area contributed by atoms with E-state index in [9.17, 15) is 0 Å². The maximum atomic E-state index is 5.81. The van der Waals surface area contributed by atoms with Gasteiger partial charge in [-0.1, -0.05) is 6.07 Å². The van der Waals surface area contributed by atoms with Crippen LogP contribution >= 0.6 is 0 Å². The highest BCUT2D eigenvalue weighted by Gasteiger charge is 2.19. The highest BCUT2D eigenvalue weighted by molar-refractivity contribution is 5.70. The average molecular weight is 207 g/mol. The Labute approximate surface area is 89.8 Å². The van der Waals surface area contributed by atoms with E-state index in [0.717, 1.165) is 24.4 Å². The van der Waals surface area contributed by atoms with Crippen LogP contribution in [0.5, 0.6) is 5.75 Å². The Hall–Kier alpha value is -1.42. The van der Waals surface area contributed by atoms with Crippen LogP contribution in [0.2, 0.25) is 0 Å². The van der Waals surface area contributed by atoms with Gasteiger partial charge in [-0.15, -0.1) is 0 Å². The van der Waals surface area contributed by atoms with Crippen molar-refractivity contribution in [1.82, 2.24) is 5.32 Å². The van der Waals surface area contributed by atoms with E-state index in [1.807, 2.05) is 25.2 Å². The number of benzene rings is 1. The standard InChI is InChI=1S/C11H17N3O/c1-13-6-5-8-7-15-11-9(12)3-2-4-10(11)14-8/h2-4,8,13-14H,5-7,12H2,1H3. The zero-order valence-corrected chi connectivity index (χ0v) is 8.92. The van der Waals surface area contributed by atoms with Gasteiger partial charge in [0.15, 0.2) is 5.75 Å². The monoisotopic (exact) mass is 207 g/mol. The van der Waals surface area contributed by atoms with Gasteiger partial charge in [0.2, 0.25) is 0 Å². The number of hydrogen-bond donors (Lipinski definition) is 3. The molecule has 0 aromatic heterocycles. The minimum absolute atomic E-state index is 0.367. The Kier molecular flexibility index (Phi) is 2.97. The highest BCUT2D eigenvalue weighted by Crippen LogP contribution is 2.34. The van der Waals surface area contributed by atoms with Crippen molar-refractivity contribution in [2.75, 3.05) is 31.2 Å². The Balaban J connectivity index is 2.07. The second kappa shape index (κ2) is 4.40. The Morgan fingerprint density at radius 3 is 3.27 bits per heavy atom. The minimum Gasteiger partial charge on any atom is -0.487 e. The molecule has 0 saturated heterocycles. The van der Waals surface area contributed by atoms with Crippen LogP contribution in [0, 0.1) is 0 Å². The lowest BCUT2D eigenvalue weighted by atomic mass is 10.1. The molecule has 0 radical (unpaired) electrons. The Bertz CT molecular complexity index is 341. The lowest BCUT2D eigenvalue weighted by Crippen LogP contribution is -2.34. The predicted octanol–water partition coefficient (Wildman–Crippen LogP) is 1.05. The van der Waals surface area contributed by atoms with Gasteiger partial charge in [0.25, 0.3) is 0 Å². The molecule has 1 atom stereocenters. The van der Waals surface area contributed by atoms with Gasteiger partial charge in [-0.3, -0.25) is 0 Å². The molecule has 1 unspecified atom stereocenters. The first-order valence-electron chi connectivity index (χ1n) is 5.23. The molecule has 1 aromatic rings. The number of ether oxygens (including phenoxy) is 1. The van der Waals surface area contributed by atoms with E-state index in [4.69, 9.17) is 10.5 Å². The molecular weight excluding hydrogens is 190 g/mol. The zero-order chi connectivity index (χ0) is 10.7. The van der Waals surface area contributed by atoms with E-state index in [-0.39, 0.29) is 0 Å². The molecular formula is C11H17N3O. The second-order valence-corrected chi connectivity index (χ2v) is 3.77. The second-order valence-electron chi connectivity index (χ2n) is 3.77. The summed E-state index contributed by atoms with van der Waals surface area (Å²) in [6.07, 6.45) is 1.05. The maximum Gasteiger partial charge on any atom is 0.165 e. The number of hydrogen-bond acceptors (Lipinski definition) is 4. The average Bonchev–Trinajstić information content (AvgIpc) is 2.26. The van der Waals surface area contributed by atoms with Crippen molar-refractivity contribution in [2.24, 2.45) is 0 Å². The zero-order valence-electron chi connectivity index (χ0n) is 8.92. The number of nitrogens with two attached hydrogens (primary N) is 1. The number of fused-ring (bicyclic) bond motifs is 1. The molecule has 1 heterocycles. The maximum absolute atomic E-state index is 5.81. The molecule has 4 nitrogen and oxygen atoms in total. The number of para-hydroxylation sites is 1. The van der Waals surface area contributed by atoms with E-state index in [1.165, 1.54) is 0 Å². The molecule has 0 fully saturated rings. The van der Waals surface area contributed by atoms with E-state index < -0.39 is 0 Å². The molecule has 0 saturated carbocycles. The van der Waals surface area contributed by atoms with Crippen LogP contribution in [-0.4, -0.2) is 26.2 Å². The van der Waals surface area contributed by atoms with E-state index in [0.29, 0.717) is 18.3 Å². The van der Waals surface area contributed by atoms with Crippen molar-refractivity contribution in [3.05, 3.63) is 18.2 Å². The lowest BCUT2D eigenvalue weighted by Gasteiger charge is -2.28. The Morgan fingerprint density at radius 1 is 1.60 bits per heavy atom. The molecule has 0 aliphatic carbocycles. The smallest absolute Gasteiger partial charge is 0.165 e. The van der Waals surface area contributed by atoms with Crippen LogP contribution in [-0.2, 0) is 0 Å². The van der Waals surface area contributed by atoms with Crippen LogP contribution in [0.15, 0.2) is 18.2 Å². The first-order valence-corrected chi connectivity index (χ1v) is 5.23. The molecule has 0 bridgehead atoms. The summed E-state index contributed by atoms with van der Waals surface area (Å²) >= 11 is 0. The first kappa shape index (κ1) is 10.1. The third kappa shape index (κ3) is 2.15. The summed E-state index contributed by atoms with van der Waals surface area (Å²) in [5, 5.41) is 6.56. The summed E-state index contributed by atoms with van der Waals surface area (Å²) < 4.78 is 5.65. The van der Waals surface area contributed by atoms with Gasteiger partial charge in [0.1, 0.15) is 6.61 Å². The van der Waals surface area contributed by atoms with E-state index in [1.54, 1.807) is 0 Å². The Morgan fingerprint density at radius 2 is 2.47 bits per heavy atom. The molecule has 15 heavy (non-hydrogen) atoms. The van der Waals surface area contributed by atoms with Gasteiger partial charge in [-0.25, -0.2) is 0 Å². The minimum atomic E-state index is 0.367. The number of anilines is 2. The fourth-order valence-electron chi connectivity index (χ4n) is 1.75. The van der Waals surface area contributed by atoms with Crippen LogP contribution in [0.25, 0.3) is 0 Å². The van der Waals surface area contributed by atoms with Gasteiger partial charge in [0, 0.05) is 0 Å². The highest BCUT2D eigenvalue weighted by atomic mass is 16.5. The van der Waals surface area contributed by atoms with E-state index >= 15 is 0 Å². The van der Waals surface area contributed by atoms with Gasteiger partial charge in [-0.05, 0) is 32.1 Å². The van der Waals surface area contributed by atoms with Crippen molar-refractivity contribution < 1.29 is 4.74 Å². The van der Waals surface area contributed by atoms with Crippen LogP contribution in [0.4, 0.5) is 11.4 Å². The largest absolute Gasteiger partial charge is 0.487 e. The number of nitrogen functional groups attached to an aromatic ring is 1. The summed E-state index contributed by atoms with van der Waals surface area (Å²) in [7, 11) is 1.95. The molecule has 0 spiro atoms. The number of nitrogens with one attached hydrogen (secondary N) is 2. The molecule has 2 rings (SSSR count). The van der Waals surface area contributed by atoms with Crippen LogP contribution < -0.4 is 21.1 Å². The van der Waals surface area contributed by atoms with Crippen LogP contribution in [0.3, 0.4) is 0 Å². The summed E-state index contributed by atoms with van der Waals surface area (Å²) in [5.74, 6) is 0.790. The van der Waals surface area contributed by atoms with Gasteiger partial charge >= 0.3 is 0 Å². The van der Waals surface area contributed by atoms with Crippen molar-refractivity contribution in [3.63, 3.8) is 0 Å². The SMILES string of the molecule is CNCCC1COc2c(N)cccc2N1. The van der Waals surface area contributed by atoms with Gasteiger partial charge in [0.05, 0.1) is 17.4 Å². The molecule has 1 aliphatic rings. The third-order valence-electron chi connectivity index (χ3n) is 2.58. The molecule has 82 valence electrons. The van der Waals surface area contributed by atoms with Crippen molar-refractivity contribution in [1.29, 1.82) is 0 Å². The molecule has 4 N–H and O–H groups in total. The number of rotatable bonds is 3. The summed E-state index contributed by atoms with van der Waals surface area (Å²) in [5.41, 5.74) is 7.51. The molecule has 0 amide bonds. The fourth-order valence-corrected chi connectivity index (χ4v) is 1.75. The summed E-state index contributed by atoms with van der Waals surface area (Å²) in [6, 6.07) is 6.16.